The van der Waals surface area contributed by atoms with Crippen LogP contribution in [0.25, 0.3) is 0 Å². The Kier molecular flexibility index (Phi) is 4.29. The van der Waals surface area contributed by atoms with Crippen LogP contribution in [0.3, 0.4) is 0 Å². The third-order valence-corrected chi connectivity index (χ3v) is 3.65. The number of carbonyl (C=O) groups is 1. The summed E-state index contributed by atoms with van der Waals surface area (Å²) in [6.45, 7) is 5.58. The molecule has 19 heavy (non-hydrogen) atoms. The Morgan fingerprint density at radius 1 is 1.37 bits per heavy atom. The van der Waals surface area contributed by atoms with Crippen LogP contribution in [0.4, 0.5) is 5.95 Å². The average molecular weight is 264 g/mol. The molecule has 1 unspecified atom stereocenters. The van der Waals surface area contributed by atoms with Crippen molar-refractivity contribution in [3.05, 3.63) is 11.4 Å². The molecule has 6 nitrogen and oxygen atoms in total. The first-order valence-electron chi connectivity index (χ1n) is 6.71. The van der Waals surface area contributed by atoms with Gasteiger partial charge in [0.2, 0.25) is 5.95 Å². The topological polar surface area (TPSA) is 79.2 Å². The summed E-state index contributed by atoms with van der Waals surface area (Å²) in [6.07, 6.45) is 3.11. The van der Waals surface area contributed by atoms with Gasteiger partial charge in [-0.1, -0.05) is 0 Å². The van der Waals surface area contributed by atoms with Gasteiger partial charge in [-0.05, 0) is 39.0 Å². The van der Waals surface area contributed by atoms with Crippen molar-refractivity contribution in [2.45, 2.75) is 39.5 Å². The Labute approximate surface area is 112 Å². The molecular formula is C13H20N4O2. The highest BCUT2D eigenvalue weighted by Crippen LogP contribution is 2.23. The van der Waals surface area contributed by atoms with Crippen molar-refractivity contribution in [2.24, 2.45) is 5.92 Å². The van der Waals surface area contributed by atoms with Crippen LogP contribution in [0.5, 0.6) is 0 Å². The van der Waals surface area contributed by atoms with Crippen molar-refractivity contribution in [1.29, 1.82) is 0 Å². The van der Waals surface area contributed by atoms with Crippen LogP contribution in [0.2, 0.25) is 0 Å². The van der Waals surface area contributed by atoms with Gasteiger partial charge in [0.05, 0.1) is 11.4 Å². The predicted molar refractivity (Wildman–Crippen MR) is 71.1 cm³/mol. The highest BCUT2D eigenvalue weighted by molar-refractivity contribution is 5.66. The number of aromatic nitrogens is 3. The lowest BCUT2D eigenvalue weighted by atomic mass is 9.93. The minimum Gasteiger partial charge on any atom is -0.481 e. The van der Waals surface area contributed by atoms with Gasteiger partial charge in [-0.15, -0.1) is 5.10 Å². The smallest absolute Gasteiger partial charge is 0.303 e. The van der Waals surface area contributed by atoms with Crippen molar-refractivity contribution in [1.82, 2.24) is 15.2 Å². The van der Waals surface area contributed by atoms with E-state index in [1.54, 1.807) is 0 Å². The quantitative estimate of drug-likeness (QED) is 0.889. The minimum absolute atomic E-state index is 0.241. The van der Waals surface area contributed by atoms with Gasteiger partial charge < -0.3 is 10.0 Å². The lowest BCUT2D eigenvalue weighted by Crippen LogP contribution is -2.37. The van der Waals surface area contributed by atoms with Gasteiger partial charge in [-0.25, -0.2) is 4.98 Å². The van der Waals surface area contributed by atoms with Crippen LogP contribution in [-0.4, -0.2) is 39.3 Å². The normalized spacial score (nSPS) is 19.5. The van der Waals surface area contributed by atoms with Gasteiger partial charge in [-0.3, -0.25) is 4.79 Å². The number of piperidine rings is 1. The van der Waals surface area contributed by atoms with Gasteiger partial charge in [0.25, 0.3) is 0 Å². The number of hydrogen-bond donors (Lipinski definition) is 1. The molecule has 0 amide bonds. The molecule has 104 valence electrons. The fourth-order valence-electron chi connectivity index (χ4n) is 2.39. The summed E-state index contributed by atoms with van der Waals surface area (Å²) in [4.78, 5) is 17.2. The molecule has 6 heteroatoms. The zero-order chi connectivity index (χ0) is 13.8. The minimum atomic E-state index is -0.721. The Morgan fingerprint density at radius 2 is 2.16 bits per heavy atom. The van der Waals surface area contributed by atoms with E-state index in [9.17, 15) is 4.79 Å². The number of aliphatic carboxylic acids is 1. The van der Waals surface area contributed by atoms with E-state index < -0.39 is 5.97 Å². The molecule has 0 bridgehead atoms. The Hall–Kier alpha value is -1.72. The molecule has 0 spiro atoms. The van der Waals surface area contributed by atoms with E-state index in [0.29, 0.717) is 11.9 Å². The number of rotatable bonds is 4. The predicted octanol–water partition coefficient (Wildman–Crippen LogP) is 1.57. The number of anilines is 1. The SMILES string of the molecule is Cc1nnc(N2CCCC(CCC(=O)O)C2)nc1C. The maximum Gasteiger partial charge on any atom is 0.303 e. The first kappa shape index (κ1) is 13.7. The highest BCUT2D eigenvalue weighted by atomic mass is 16.4. The molecule has 1 aromatic heterocycles. The van der Waals surface area contributed by atoms with E-state index in [4.69, 9.17) is 5.11 Å². The summed E-state index contributed by atoms with van der Waals surface area (Å²) >= 11 is 0. The van der Waals surface area contributed by atoms with Crippen molar-refractivity contribution >= 4 is 11.9 Å². The van der Waals surface area contributed by atoms with Gasteiger partial charge in [0, 0.05) is 19.5 Å². The zero-order valence-corrected chi connectivity index (χ0v) is 11.5. The van der Waals surface area contributed by atoms with Crippen molar-refractivity contribution in [3.8, 4) is 0 Å². The summed E-state index contributed by atoms with van der Waals surface area (Å²) in [5.41, 5.74) is 1.75. The lowest BCUT2D eigenvalue weighted by molar-refractivity contribution is -0.137. The number of aryl methyl sites for hydroxylation is 2. The molecule has 1 fully saturated rings. The Balaban J connectivity index is 2.00. The van der Waals surface area contributed by atoms with Crippen LogP contribution in [0.15, 0.2) is 0 Å². The van der Waals surface area contributed by atoms with Crippen LogP contribution in [0, 0.1) is 19.8 Å². The lowest BCUT2D eigenvalue weighted by Gasteiger charge is -2.32. The largest absolute Gasteiger partial charge is 0.481 e. The molecule has 0 radical (unpaired) electrons. The average Bonchev–Trinajstić information content (AvgIpc) is 2.40. The zero-order valence-electron chi connectivity index (χ0n) is 11.5. The van der Waals surface area contributed by atoms with E-state index in [-0.39, 0.29) is 6.42 Å². The van der Waals surface area contributed by atoms with Crippen LogP contribution in [-0.2, 0) is 4.79 Å². The molecule has 1 saturated heterocycles. The van der Waals surface area contributed by atoms with Crippen LogP contribution >= 0.6 is 0 Å². The molecule has 1 aliphatic rings. The van der Waals surface area contributed by atoms with Gasteiger partial charge in [0.1, 0.15) is 0 Å². The standard InChI is InChI=1S/C13H20N4O2/c1-9-10(2)15-16-13(14-9)17-7-3-4-11(8-17)5-6-12(18)19/h11H,3-8H2,1-2H3,(H,18,19). The molecule has 1 aromatic rings. The van der Waals surface area contributed by atoms with E-state index in [1.807, 2.05) is 13.8 Å². The fourth-order valence-corrected chi connectivity index (χ4v) is 2.39. The first-order valence-corrected chi connectivity index (χ1v) is 6.71. The molecule has 2 rings (SSSR count). The van der Waals surface area contributed by atoms with Gasteiger partial charge >= 0.3 is 5.97 Å². The number of nitrogens with zero attached hydrogens (tertiary/aromatic N) is 4. The number of carboxylic acid groups (broad SMARTS) is 1. The third-order valence-electron chi connectivity index (χ3n) is 3.65. The van der Waals surface area contributed by atoms with Gasteiger partial charge in [0.15, 0.2) is 0 Å². The van der Waals surface area contributed by atoms with E-state index in [2.05, 4.69) is 20.1 Å². The molecule has 1 aliphatic heterocycles. The molecule has 1 atom stereocenters. The van der Waals surface area contributed by atoms with Crippen molar-refractivity contribution in [2.75, 3.05) is 18.0 Å². The van der Waals surface area contributed by atoms with E-state index >= 15 is 0 Å². The summed E-state index contributed by atoms with van der Waals surface area (Å²) in [7, 11) is 0. The highest BCUT2D eigenvalue weighted by Gasteiger charge is 2.22. The monoisotopic (exact) mass is 264 g/mol. The Bertz CT molecular complexity index is 464. The van der Waals surface area contributed by atoms with Crippen LogP contribution < -0.4 is 4.90 Å². The summed E-state index contributed by atoms with van der Waals surface area (Å²) in [5, 5.41) is 17.0. The van der Waals surface area contributed by atoms with E-state index in [0.717, 1.165) is 43.7 Å². The molecule has 0 aromatic carbocycles. The summed E-state index contributed by atoms with van der Waals surface area (Å²) in [5.74, 6) is 0.361. The fraction of sp³-hybridized carbons (Fsp3) is 0.692. The second-order valence-electron chi connectivity index (χ2n) is 5.17. The van der Waals surface area contributed by atoms with Crippen LogP contribution in [0.1, 0.15) is 37.1 Å². The first-order chi connectivity index (χ1) is 9.06. The molecule has 1 N–H and O–H groups in total. The number of hydrogen-bond acceptors (Lipinski definition) is 5. The summed E-state index contributed by atoms with van der Waals surface area (Å²) < 4.78 is 0. The Morgan fingerprint density at radius 3 is 2.84 bits per heavy atom. The number of carboxylic acids is 1. The van der Waals surface area contributed by atoms with Crippen molar-refractivity contribution in [3.63, 3.8) is 0 Å². The molecule has 2 heterocycles. The molecular weight excluding hydrogens is 244 g/mol. The van der Waals surface area contributed by atoms with Crippen molar-refractivity contribution < 1.29 is 9.90 Å². The van der Waals surface area contributed by atoms with E-state index in [1.165, 1.54) is 0 Å². The maximum atomic E-state index is 10.6. The second-order valence-corrected chi connectivity index (χ2v) is 5.17. The second kappa shape index (κ2) is 5.95. The van der Waals surface area contributed by atoms with Gasteiger partial charge in [-0.2, -0.15) is 5.10 Å². The molecule has 0 aliphatic carbocycles. The maximum absolute atomic E-state index is 10.6. The summed E-state index contributed by atoms with van der Waals surface area (Å²) in [6, 6.07) is 0. The third kappa shape index (κ3) is 3.62. The molecule has 0 saturated carbocycles.